The molecule has 2 atom stereocenters. The number of likely N-dealkylation sites (N-methyl/N-ethyl adjacent to an activating group) is 1. The number of anilines is 2. The summed E-state index contributed by atoms with van der Waals surface area (Å²) in [6.45, 7) is 5.65. The second-order valence-electron chi connectivity index (χ2n) is 9.58. The van der Waals surface area contributed by atoms with Gasteiger partial charge in [0.25, 0.3) is 0 Å². The number of halogens is 3. The Morgan fingerprint density at radius 3 is 2.66 bits per heavy atom. The highest BCUT2D eigenvalue weighted by Gasteiger charge is 2.41. The molecule has 0 amide bonds. The maximum absolute atomic E-state index is 13.6. The van der Waals surface area contributed by atoms with Gasteiger partial charge in [-0.25, -0.2) is 19.3 Å². The van der Waals surface area contributed by atoms with E-state index >= 15 is 0 Å². The minimum absolute atomic E-state index is 0.00293. The van der Waals surface area contributed by atoms with Gasteiger partial charge >= 0.3 is 17.8 Å². The van der Waals surface area contributed by atoms with Crippen LogP contribution in [0.4, 0.5) is 24.8 Å². The van der Waals surface area contributed by atoms with Crippen LogP contribution in [0.25, 0.3) is 0 Å². The molecule has 1 aliphatic rings. The molecular weight excluding hydrogens is 541 g/mol. The number of methoxy groups -OCH3 is 1. The van der Waals surface area contributed by atoms with Crippen molar-refractivity contribution in [3.05, 3.63) is 86.5 Å². The second-order valence-corrected chi connectivity index (χ2v) is 9.58. The number of hydrogen-bond donors (Lipinski definition) is 2. The summed E-state index contributed by atoms with van der Waals surface area (Å²) in [5.74, 6) is -0.771. The van der Waals surface area contributed by atoms with Crippen molar-refractivity contribution in [1.82, 2.24) is 14.8 Å². The highest BCUT2D eigenvalue weighted by molar-refractivity contribution is 5.93. The fourth-order valence-electron chi connectivity index (χ4n) is 4.98. The molecule has 41 heavy (non-hydrogen) atoms. The van der Waals surface area contributed by atoms with Crippen LogP contribution < -0.4 is 15.5 Å². The molecule has 13 heteroatoms. The molecule has 10 nitrogen and oxygen atoms in total. The Hall–Kier alpha value is -4.41. The lowest BCUT2D eigenvalue weighted by Gasteiger charge is -2.36. The normalized spacial score (nSPS) is 15.9. The van der Waals surface area contributed by atoms with Crippen molar-refractivity contribution in [2.75, 3.05) is 38.8 Å². The molecule has 0 radical (unpaired) electrons. The highest BCUT2D eigenvalue weighted by Crippen LogP contribution is 2.43. The molecule has 0 spiro atoms. The van der Waals surface area contributed by atoms with Gasteiger partial charge in [-0.15, -0.1) is 5.10 Å². The topological polar surface area (TPSA) is 118 Å². The molecule has 3 aromatic rings. The number of allylic oxidation sites excluding steroid dienone is 1. The summed E-state index contributed by atoms with van der Waals surface area (Å²) < 4.78 is 52.5. The molecule has 1 unspecified atom stereocenters. The molecule has 0 saturated carbocycles. The lowest BCUT2D eigenvalue weighted by atomic mass is 9.90. The number of nitrogens with one attached hydrogen (secondary N) is 2. The second kappa shape index (κ2) is 12.0. The highest BCUT2D eigenvalue weighted by atomic mass is 19.4. The summed E-state index contributed by atoms with van der Waals surface area (Å²) in [6, 6.07) is 10.6. The largest absolute Gasteiger partial charge is 0.466 e. The third-order valence-corrected chi connectivity index (χ3v) is 6.92. The van der Waals surface area contributed by atoms with Crippen LogP contribution in [0.2, 0.25) is 0 Å². The fourth-order valence-corrected chi connectivity index (χ4v) is 4.98. The van der Waals surface area contributed by atoms with Crippen LogP contribution in [0.5, 0.6) is 0 Å². The van der Waals surface area contributed by atoms with Gasteiger partial charge in [0.1, 0.15) is 19.1 Å². The Morgan fingerprint density at radius 1 is 1.24 bits per heavy atom. The molecule has 4 rings (SSSR count). The molecule has 2 heterocycles. The van der Waals surface area contributed by atoms with Crippen molar-refractivity contribution in [2.45, 2.75) is 32.6 Å². The summed E-state index contributed by atoms with van der Waals surface area (Å²) >= 11 is 0. The molecule has 0 saturated heterocycles. The van der Waals surface area contributed by atoms with Crippen molar-refractivity contribution < 1.29 is 32.3 Å². The number of rotatable bonds is 9. The summed E-state index contributed by atoms with van der Waals surface area (Å²) in [5.41, 5.74) is 0.390. The van der Waals surface area contributed by atoms with Gasteiger partial charge in [0.2, 0.25) is 5.95 Å². The van der Waals surface area contributed by atoms with Gasteiger partial charge in [0.05, 0.1) is 43.5 Å². The number of nitriles is 1. The number of fused-ring (bicyclic) bond motifs is 1. The van der Waals surface area contributed by atoms with Crippen LogP contribution >= 0.6 is 0 Å². The Kier molecular flexibility index (Phi) is 8.65. The number of benzene rings is 2. The zero-order valence-corrected chi connectivity index (χ0v) is 23.0. The smallest absolute Gasteiger partial charge is 0.416 e. The van der Waals surface area contributed by atoms with Crippen molar-refractivity contribution in [3.8, 4) is 6.07 Å². The van der Waals surface area contributed by atoms with Crippen molar-refractivity contribution in [1.29, 1.82) is 5.26 Å². The minimum atomic E-state index is -4.61. The molecular formula is C28H30F3N6O4+. The van der Waals surface area contributed by atoms with Crippen molar-refractivity contribution in [2.24, 2.45) is 0 Å². The number of hydrogen-bond acceptors (Lipinski definition) is 7. The van der Waals surface area contributed by atoms with E-state index in [1.807, 2.05) is 14.0 Å². The van der Waals surface area contributed by atoms with E-state index in [9.17, 15) is 28.0 Å². The number of nitrogens with zero attached hydrogens (tertiary/aromatic N) is 4. The summed E-state index contributed by atoms with van der Waals surface area (Å²) in [7, 11) is 3.14. The number of aromatic amines is 1. The Bertz CT molecular complexity index is 1570. The first kappa shape index (κ1) is 29.6. The zero-order valence-electron chi connectivity index (χ0n) is 23.0. The molecule has 0 aliphatic carbocycles. The number of ether oxygens (including phenoxy) is 2. The fraction of sp³-hybridized carbons (Fsp3) is 0.357. The molecule has 1 aromatic heterocycles. The van der Waals surface area contributed by atoms with E-state index in [2.05, 4.69) is 16.3 Å². The van der Waals surface area contributed by atoms with Gasteiger partial charge in [-0.1, -0.05) is 12.1 Å². The Morgan fingerprint density at radius 2 is 2.00 bits per heavy atom. The van der Waals surface area contributed by atoms with Gasteiger partial charge < -0.3 is 14.4 Å². The van der Waals surface area contributed by atoms with Crippen LogP contribution in [0, 0.1) is 11.3 Å². The van der Waals surface area contributed by atoms with E-state index in [1.165, 1.54) is 28.7 Å². The van der Waals surface area contributed by atoms with Gasteiger partial charge in [-0.05, 0) is 49.7 Å². The van der Waals surface area contributed by atoms with Crippen LogP contribution in [0.1, 0.15) is 42.1 Å². The van der Waals surface area contributed by atoms with E-state index in [1.54, 1.807) is 25.1 Å². The minimum Gasteiger partial charge on any atom is -0.466 e. The maximum atomic E-state index is 13.6. The SMILES string of the molecule is CCOCC[NH+](C)Cc1cc(C#N)ccc1[C@@H]1C(C(=O)OC)=C(C)N(c2cccc(C(F)(F)F)c2)c2n[nH]c(=O)n21. The molecule has 1 aliphatic heterocycles. The molecule has 0 bridgehead atoms. The van der Waals surface area contributed by atoms with Crippen molar-refractivity contribution in [3.63, 3.8) is 0 Å². The lowest BCUT2D eigenvalue weighted by molar-refractivity contribution is -0.894. The Balaban J connectivity index is 1.94. The number of carbonyl (C=O) groups is 1. The quantitative estimate of drug-likeness (QED) is 0.300. The monoisotopic (exact) mass is 571 g/mol. The summed E-state index contributed by atoms with van der Waals surface area (Å²) in [4.78, 5) is 28.9. The van der Waals surface area contributed by atoms with Crippen LogP contribution in [0.15, 0.2) is 58.5 Å². The van der Waals surface area contributed by atoms with E-state index < -0.39 is 29.4 Å². The third-order valence-electron chi connectivity index (χ3n) is 6.92. The van der Waals surface area contributed by atoms with Crippen LogP contribution in [0.3, 0.4) is 0 Å². The van der Waals surface area contributed by atoms with E-state index in [0.717, 1.165) is 17.0 Å². The number of esters is 1. The van der Waals surface area contributed by atoms with E-state index in [0.29, 0.717) is 43.0 Å². The first-order valence-corrected chi connectivity index (χ1v) is 12.9. The molecule has 216 valence electrons. The standard InChI is InChI=1S/C28H29F3N6O4/c1-5-41-12-11-35(3)16-19-13-18(15-32)9-10-22(19)24-23(25(38)40-4)17(2)36(26-33-34-27(39)37(24)26)21-8-6-7-20(14-21)28(29,30)31/h6-10,13-14,24H,5,11-12,16H2,1-4H3,(H,34,39)/p+1/t24-/m1/s1. The van der Waals surface area contributed by atoms with Crippen molar-refractivity contribution >= 4 is 17.6 Å². The number of carbonyl (C=O) groups excluding carboxylic acids is 1. The average molecular weight is 572 g/mol. The van der Waals surface area contributed by atoms with Gasteiger partial charge in [-0.2, -0.15) is 18.4 Å². The molecule has 2 aromatic carbocycles. The predicted octanol–water partition coefficient (Wildman–Crippen LogP) is 2.70. The number of H-pyrrole nitrogens is 1. The summed E-state index contributed by atoms with van der Waals surface area (Å²) in [6.07, 6.45) is -4.61. The number of quaternary nitrogens is 1. The lowest BCUT2D eigenvalue weighted by Crippen LogP contribution is -3.08. The van der Waals surface area contributed by atoms with E-state index in [4.69, 9.17) is 9.47 Å². The third kappa shape index (κ3) is 5.89. The number of alkyl halides is 3. The number of aromatic nitrogens is 3. The van der Waals surface area contributed by atoms with Gasteiger partial charge in [-0.3, -0.25) is 4.90 Å². The first-order chi connectivity index (χ1) is 19.5. The van der Waals surface area contributed by atoms with E-state index in [-0.39, 0.29) is 22.9 Å². The predicted molar refractivity (Wildman–Crippen MR) is 142 cm³/mol. The maximum Gasteiger partial charge on any atom is 0.416 e. The average Bonchev–Trinajstić information content (AvgIpc) is 3.32. The molecule has 2 N–H and O–H groups in total. The Labute approximate surface area is 234 Å². The first-order valence-electron chi connectivity index (χ1n) is 12.9. The molecule has 0 fully saturated rings. The van der Waals surface area contributed by atoms with Crippen LogP contribution in [-0.2, 0) is 27.0 Å². The van der Waals surface area contributed by atoms with Gasteiger partial charge in [0, 0.05) is 23.6 Å². The summed E-state index contributed by atoms with van der Waals surface area (Å²) in [5, 5.41) is 16.1. The van der Waals surface area contributed by atoms with Crippen LogP contribution in [-0.4, -0.2) is 54.6 Å². The van der Waals surface area contributed by atoms with Gasteiger partial charge in [0.15, 0.2) is 0 Å². The zero-order chi connectivity index (χ0) is 29.9.